The molecule has 0 amide bonds. The minimum absolute atomic E-state index is 0.0450. The lowest BCUT2D eigenvalue weighted by Gasteiger charge is -2.34. The van der Waals surface area contributed by atoms with E-state index in [9.17, 15) is 9.90 Å². The maximum atomic E-state index is 12.4. The van der Waals surface area contributed by atoms with Crippen molar-refractivity contribution >= 4 is 5.82 Å². The molecule has 1 fully saturated rings. The van der Waals surface area contributed by atoms with Crippen molar-refractivity contribution in [3.05, 3.63) is 52.6 Å². The molecule has 0 radical (unpaired) electrons. The monoisotopic (exact) mass is 300 g/mol. The summed E-state index contributed by atoms with van der Waals surface area (Å²) >= 11 is 0. The fourth-order valence-electron chi connectivity index (χ4n) is 2.77. The van der Waals surface area contributed by atoms with E-state index in [0.29, 0.717) is 18.9 Å². The lowest BCUT2D eigenvalue weighted by atomic mass is 10.0. The molecular formula is C16H20N4O2. The highest BCUT2D eigenvalue weighted by molar-refractivity contribution is 5.38. The largest absolute Gasteiger partial charge is 0.508 e. The summed E-state index contributed by atoms with van der Waals surface area (Å²) in [5.74, 6) is 0.765. The van der Waals surface area contributed by atoms with Crippen LogP contribution in [0.3, 0.4) is 0 Å². The van der Waals surface area contributed by atoms with E-state index in [2.05, 4.69) is 10.3 Å². The topological polar surface area (TPSA) is 70.4 Å². The summed E-state index contributed by atoms with van der Waals surface area (Å²) < 4.78 is 1.67. The van der Waals surface area contributed by atoms with Gasteiger partial charge in [-0.25, -0.2) is 4.98 Å². The Bertz CT molecular complexity index is 696. The SMILES string of the molecule is CCn1ccnc(N2CCNC(c3ccc(O)cc3)C2)c1=O. The molecule has 1 aliphatic rings. The standard InChI is InChI=1S/C16H20N4O2/c1-2-19-9-8-18-15(16(19)22)20-10-7-17-14(11-20)12-3-5-13(21)6-4-12/h3-6,8-9,14,17,21H,2,7,10-11H2,1H3. The fraction of sp³-hybridized carbons (Fsp3) is 0.375. The third kappa shape index (κ3) is 2.82. The number of piperazine rings is 1. The van der Waals surface area contributed by atoms with Crippen molar-refractivity contribution in [1.82, 2.24) is 14.9 Å². The molecule has 116 valence electrons. The number of nitrogens with one attached hydrogen (secondary N) is 1. The Hall–Kier alpha value is -2.34. The predicted octanol–water partition coefficient (Wildman–Crippen LogP) is 1.12. The van der Waals surface area contributed by atoms with Crippen molar-refractivity contribution in [2.45, 2.75) is 19.5 Å². The van der Waals surface area contributed by atoms with E-state index in [-0.39, 0.29) is 17.4 Å². The number of phenols is 1. The van der Waals surface area contributed by atoms with Crippen LogP contribution in [0.15, 0.2) is 41.5 Å². The Morgan fingerprint density at radius 2 is 2.14 bits per heavy atom. The van der Waals surface area contributed by atoms with E-state index in [1.807, 2.05) is 24.0 Å². The Kier molecular flexibility index (Phi) is 4.11. The average Bonchev–Trinajstić information content (AvgIpc) is 2.56. The Labute approximate surface area is 129 Å². The van der Waals surface area contributed by atoms with Gasteiger partial charge in [-0.05, 0) is 24.6 Å². The molecule has 2 heterocycles. The van der Waals surface area contributed by atoms with Crippen molar-refractivity contribution in [3.8, 4) is 5.75 Å². The van der Waals surface area contributed by atoms with Gasteiger partial charge in [-0.3, -0.25) is 4.79 Å². The van der Waals surface area contributed by atoms with Crippen molar-refractivity contribution in [2.24, 2.45) is 0 Å². The maximum absolute atomic E-state index is 12.4. The van der Waals surface area contributed by atoms with Gasteiger partial charge in [-0.2, -0.15) is 0 Å². The number of aromatic nitrogens is 2. The van der Waals surface area contributed by atoms with Gasteiger partial charge in [0, 0.05) is 44.6 Å². The van der Waals surface area contributed by atoms with Crippen LogP contribution >= 0.6 is 0 Å². The number of aryl methyl sites for hydroxylation is 1. The minimum atomic E-state index is -0.0450. The van der Waals surface area contributed by atoms with Crippen LogP contribution in [0.1, 0.15) is 18.5 Å². The van der Waals surface area contributed by atoms with Crippen molar-refractivity contribution < 1.29 is 5.11 Å². The van der Waals surface area contributed by atoms with Crippen LogP contribution < -0.4 is 15.8 Å². The third-order valence-electron chi connectivity index (χ3n) is 4.01. The minimum Gasteiger partial charge on any atom is -0.508 e. The second kappa shape index (κ2) is 6.19. The van der Waals surface area contributed by atoms with E-state index >= 15 is 0 Å². The Morgan fingerprint density at radius 3 is 2.86 bits per heavy atom. The van der Waals surface area contributed by atoms with Gasteiger partial charge in [-0.15, -0.1) is 0 Å². The zero-order chi connectivity index (χ0) is 15.5. The molecule has 22 heavy (non-hydrogen) atoms. The second-order valence-corrected chi connectivity index (χ2v) is 5.39. The van der Waals surface area contributed by atoms with Crippen LogP contribution in [0, 0.1) is 0 Å². The molecule has 0 aliphatic carbocycles. The van der Waals surface area contributed by atoms with E-state index < -0.39 is 0 Å². The van der Waals surface area contributed by atoms with Crippen LogP contribution in [0.2, 0.25) is 0 Å². The zero-order valence-electron chi connectivity index (χ0n) is 12.6. The van der Waals surface area contributed by atoms with E-state index in [1.165, 1.54) is 0 Å². The molecule has 0 saturated carbocycles. The van der Waals surface area contributed by atoms with Crippen LogP contribution in [-0.2, 0) is 6.54 Å². The molecule has 1 aromatic heterocycles. The number of hydrogen-bond donors (Lipinski definition) is 2. The highest BCUT2D eigenvalue weighted by Crippen LogP contribution is 2.21. The first-order valence-corrected chi connectivity index (χ1v) is 7.51. The summed E-state index contributed by atoms with van der Waals surface area (Å²) in [6, 6.07) is 7.28. The molecule has 1 saturated heterocycles. The van der Waals surface area contributed by atoms with Crippen LogP contribution in [0.4, 0.5) is 5.82 Å². The van der Waals surface area contributed by atoms with Gasteiger partial charge in [0.15, 0.2) is 5.82 Å². The lowest BCUT2D eigenvalue weighted by molar-refractivity contribution is 0.461. The second-order valence-electron chi connectivity index (χ2n) is 5.39. The van der Waals surface area contributed by atoms with Crippen molar-refractivity contribution in [1.29, 1.82) is 0 Å². The third-order valence-corrected chi connectivity index (χ3v) is 4.01. The normalized spacial score (nSPS) is 18.4. The Morgan fingerprint density at radius 1 is 1.36 bits per heavy atom. The summed E-state index contributed by atoms with van der Waals surface area (Å²) in [7, 11) is 0. The zero-order valence-corrected chi connectivity index (χ0v) is 12.6. The first-order valence-electron chi connectivity index (χ1n) is 7.51. The number of benzene rings is 1. The molecule has 0 bridgehead atoms. The highest BCUT2D eigenvalue weighted by Gasteiger charge is 2.23. The molecule has 1 aliphatic heterocycles. The molecule has 6 heteroatoms. The van der Waals surface area contributed by atoms with Gasteiger partial charge in [0.1, 0.15) is 5.75 Å². The van der Waals surface area contributed by atoms with Gasteiger partial charge < -0.3 is 19.9 Å². The summed E-state index contributed by atoms with van der Waals surface area (Å²) in [5, 5.41) is 12.8. The summed E-state index contributed by atoms with van der Waals surface area (Å²) in [6.07, 6.45) is 3.39. The van der Waals surface area contributed by atoms with Crippen LogP contribution in [-0.4, -0.2) is 34.3 Å². The van der Waals surface area contributed by atoms with E-state index in [4.69, 9.17) is 0 Å². The number of aromatic hydroxyl groups is 1. The van der Waals surface area contributed by atoms with Crippen molar-refractivity contribution in [2.75, 3.05) is 24.5 Å². The number of rotatable bonds is 3. The quantitative estimate of drug-likeness (QED) is 0.889. The summed E-state index contributed by atoms with van der Waals surface area (Å²) in [6.45, 7) is 4.81. The van der Waals surface area contributed by atoms with Crippen LogP contribution in [0.5, 0.6) is 5.75 Å². The molecule has 3 rings (SSSR count). The molecule has 1 unspecified atom stereocenters. The molecule has 2 aromatic rings. The number of nitrogens with zero attached hydrogens (tertiary/aromatic N) is 3. The van der Waals surface area contributed by atoms with Gasteiger partial charge in [0.05, 0.1) is 0 Å². The fourth-order valence-corrected chi connectivity index (χ4v) is 2.77. The molecule has 0 spiro atoms. The van der Waals surface area contributed by atoms with Gasteiger partial charge in [-0.1, -0.05) is 12.1 Å². The van der Waals surface area contributed by atoms with Gasteiger partial charge in [0.25, 0.3) is 5.56 Å². The first kappa shape index (κ1) is 14.6. The van der Waals surface area contributed by atoms with Gasteiger partial charge >= 0.3 is 0 Å². The average molecular weight is 300 g/mol. The highest BCUT2D eigenvalue weighted by atomic mass is 16.3. The number of phenolic OH excluding ortho intramolecular Hbond substituents is 1. The van der Waals surface area contributed by atoms with Crippen molar-refractivity contribution in [3.63, 3.8) is 0 Å². The number of hydrogen-bond acceptors (Lipinski definition) is 5. The Balaban J connectivity index is 1.84. The van der Waals surface area contributed by atoms with Gasteiger partial charge in [0.2, 0.25) is 0 Å². The smallest absolute Gasteiger partial charge is 0.293 e. The summed E-state index contributed by atoms with van der Waals surface area (Å²) in [4.78, 5) is 18.7. The summed E-state index contributed by atoms with van der Waals surface area (Å²) in [5.41, 5.74) is 1.05. The molecular weight excluding hydrogens is 280 g/mol. The molecule has 1 atom stereocenters. The molecule has 6 nitrogen and oxygen atoms in total. The van der Waals surface area contributed by atoms with Crippen LogP contribution in [0.25, 0.3) is 0 Å². The molecule has 2 N–H and O–H groups in total. The maximum Gasteiger partial charge on any atom is 0.293 e. The predicted molar refractivity (Wildman–Crippen MR) is 85.2 cm³/mol. The number of anilines is 1. The first-order chi connectivity index (χ1) is 10.7. The van der Waals surface area contributed by atoms with E-state index in [0.717, 1.165) is 18.7 Å². The van der Waals surface area contributed by atoms with E-state index in [1.54, 1.807) is 29.1 Å². The lowest BCUT2D eigenvalue weighted by Crippen LogP contribution is -2.48. The molecule has 1 aromatic carbocycles.